The Morgan fingerprint density at radius 3 is 2.45 bits per heavy atom. The summed E-state index contributed by atoms with van der Waals surface area (Å²) in [4.78, 5) is 18.2. The van der Waals surface area contributed by atoms with Crippen molar-refractivity contribution in [1.29, 1.82) is 0 Å². The zero-order valence-electron chi connectivity index (χ0n) is 18.6. The number of alkyl halides is 2. The van der Waals surface area contributed by atoms with E-state index in [9.17, 15) is 13.6 Å². The Labute approximate surface area is 209 Å². The topological polar surface area (TPSA) is 75.2 Å². The van der Waals surface area contributed by atoms with E-state index in [2.05, 4.69) is 20.4 Å². The summed E-state index contributed by atoms with van der Waals surface area (Å²) in [6, 6.07) is 12.7. The Kier molecular flexibility index (Phi) is 10.6. The molecule has 1 amide bonds. The Morgan fingerprint density at radius 2 is 1.85 bits per heavy atom. The van der Waals surface area contributed by atoms with Crippen molar-refractivity contribution in [2.24, 2.45) is 4.99 Å². The van der Waals surface area contributed by atoms with Gasteiger partial charge < -0.3 is 25.0 Å². The van der Waals surface area contributed by atoms with Crippen molar-refractivity contribution in [3.05, 3.63) is 53.6 Å². The Balaban J connectivity index is 0.00000385. The van der Waals surface area contributed by atoms with Crippen LogP contribution in [0.25, 0.3) is 0 Å². The van der Waals surface area contributed by atoms with Crippen LogP contribution in [0.3, 0.4) is 0 Å². The van der Waals surface area contributed by atoms with Crippen molar-refractivity contribution in [3.8, 4) is 11.5 Å². The number of ether oxygens (including phenoxy) is 2. The summed E-state index contributed by atoms with van der Waals surface area (Å²) < 4.78 is 34.8. The summed E-state index contributed by atoms with van der Waals surface area (Å²) in [5, 5.41) is 6.42. The number of anilines is 1. The molecule has 33 heavy (non-hydrogen) atoms. The van der Waals surface area contributed by atoms with Crippen LogP contribution in [0, 0.1) is 0 Å². The molecule has 0 bridgehead atoms. The summed E-state index contributed by atoms with van der Waals surface area (Å²) in [6.45, 7) is 1.28. The monoisotopic (exact) mass is 574 g/mol. The van der Waals surface area contributed by atoms with Gasteiger partial charge >= 0.3 is 6.61 Å². The number of methoxy groups -OCH3 is 1. The molecule has 0 saturated carbocycles. The van der Waals surface area contributed by atoms with Gasteiger partial charge in [-0.25, -0.2) is 4.99 Å². The van der Waals surface area contributed by atoms with E-state index in [1.165, 1.54) is 13.2 Å². The lowest BCUT2D eigenvalue weighted by atomic mass is 10.2. The van der Waals surface area contributed by atoms with Crippen molar-refractivity contribution in [1.82, 2.24) is 10.6 Å². The van der Waals surface area contributed by atoms with Crippen LogP contribution in [-0.2, 0) is 17.9 Å². The molecule has 0 aliphatic carbocycles. The molecule has 2 N–H and O–H groups in total. The SMILES string of the molecule is CCNC(=NCc1ccc(OC)c(OC(F)F)c1)NCc1ccc(N2CCCC2=O)cc1.I. The number of rotatable bonds is 9. The molecule has 0 aromatic heterocycles. The predicted octanol–water partition coefficient (Wildman–Crippen LogP) is 4.30. The first-order chi connectivity index (χ1) is 15.5. The first kappa shape index (κ1) is 26.6. The second kappa shape index (κ2) is 13.2. The summed E-state index contributed by atoms with van der Waals surface area (Å²) in [7, 11) is 1.40. The molecular weight excluding hydrogens is 545 g/mol. The molecule has 1 heterocycles. The lowest BCUT2D eigenvalue weighted by Gasteiger charge is -2.16. The minimum Gasteiger partial charge on any atom is -0.493 e. The highest BCUT2D eigenvalue weighted by molar-refractivity contribution is 14.0. The Hall–Kier alpha value is -2.63. The number of hydrogen-bond acceptors (Lipinski definition) is 4. The number of amides is 1. The molecule has 2 aromatic rings. The molecule has 1 saturated heterocycles. The molecule has 1 aliphatic rings. The fraction of sp³-hybridized carbons (Fsp3) is 0.391. The van der Waals surface area contributed by atoms with Crippen molar-refractivity contribution in [2.75, 3.05) is 25.1 Å². The van der Waals surface area contributed by atoms with Crippen LogP contribution in [0.4, 0.5) is 14.5 Å². The molecule has 2 aromatic carbocycles. The minimum atomic E-state index is -2.93. The van der Waals surface area contributed by atoms with Gasteiger partial charge in [0.1, 0.15) is 0 Å². The molecule has 0 spiro atoms. The predicted molar refractivity (Wildman–Crippen MR) is 135 cm³/mol. The van der Waals surface area contributed by atoms with E-state index in [-0.39, 0.29) is 47.9 Å². The van der Waals surface area contributed by atoms with Crippen LogP contribution in [0.5, 0.6) is 11.5 Å². The van der Waals surface area contributed by atoms with E-state index in [0.717, 1.165) is 24.2 Å². The largest absolute Gasteiger partial charge is 0.493 e. The molecule has 3 rings (SSSR count). The zero-order chi connectivity index (χ0) is 22.9. The van der Waals surface area contributed by atoms with Gasteiger partial charge in [0.25, 0.3) is 0 Å². The van der Waals surface area contributed by atoms with Crippen molar-refractivity contribution in [2.45, 2.75) is 39.5 Å². The van der Waals surface area contributed by atoms with Gasteiger partial charge in [0.05, 0.1) is 13.7 Å². The number of carbonyl (C=O) groups is 1. The number of carbonyl (C=O) groups excluding carboxylic acids is 1. The van der Waals surface area contributed by atoms with Crippen LogP contribution >= 0.6 is 24.0 Å². The number of guanidine groups is 1. The van der Waals surface area contributed by atoms with Gasteiger partial charge in [0.2, 0.25) is 5.91 Å². The quantitative estimate of drug-likeness (QED) is 0.266. The minimum absolute atomic E-state index is 0. The maximum absolute atomic E-state index is 12.6. The highest BCUT2D eigenvalue weighted by Gasteiger charge is 2.21. The summed E-state index contributed by atoms with van der Waals surface area (Å²) in [5.41, 5.74) is 2.67. The van der Waals surface area contributed by atoms with Crippen LogP contribution in [-0.4, -0.2) is 38.7 Å². The van der Waals surface area contributed by atoms with Gasteiger partial charge in [-0.2, -0.15) is 8.78 Å². The van der Waals surface area contributed by atoms with E-state index in [1.807, 2.05) is 36.1 Å². The second-order valence-corrected chi connectivity index (χ2v) is 7.23. The smallest absolute Gasteiger partial charge is 0.387 e. The van der Waals surface area contributed by atoms with E-state index < -0.39 is 6.61 Å². The molecule has 10 heteroatoms. The van der Waals surface area contributed by atoms with E-state index >= 15 is 0 Å². The molecule has 1 fully saturated rings. The second-order valence-electron chi connectivity index (χ2n) is 7.23. The van der Waals surface area contributed by atoms with Crippen molar-refractivity contribution >= 4 is 41.5 Å². The third-order valence-corrected chi connectivity index (χ3v) is 4.99. The number of hydrogen-bond donors (Lipinski definition) is 2. The third kappa shape index (κ3) is 7.72. The van der Waals surface area contributed by atoms with Crippen LogP contribution in [0.15, 0.2) is 47.5 Å². The average molecular weight is 574 g/mol. The van der Waals surface area contributed by atoms with Crippen LogP contribution in [0.1, 0.15) is 30.9 Å². The van der Waals surface area contributed by atoms with Crippen LogP contribution < -0.4 is 25.0 Å². The highest BCUT2D eigenvalue weighted by atomic mass is 127. The Morgan fingerprint density at radius 1 is 1.12 bits per heavy atom. The molecular formula is C23H29F2IN4O3. The molecule has 0 unspecified atom stereocenters. The number of nitrogens with zero attached hydrogens (tertiary/aromatic N) is 2. The van der Waals surface area contributed by atoms with Gasteiger partial charge in [-0.05, 0) is 48.7 Å². The normalized spacial score (nSPS) is 13.7. The van der Waals surface area contributed by atoms with E-state index in [4.69, 9.17) is 4.74 Å². The first-order valence-electron chi connectivity index (χ1n) is 10.5. The Bertz CT molecular complexity index is 942. The third-order valence-electron chi connectivity index (χ3n) is 4.99. The van der Waals surface area contributed by atoms with Gasteiger partial charge in [-0.1, -0.05) is 18.2 Å². The summed E-state index contributed by atoms with van der Waals surface area (Å²) in [5.74, 6) is 0.975. The van der Waals surface area contributed by atoms with Crippen molar-refractivity contribution < 1.29 is 23.0 Å². The molecule has 180 valence electrons. The van der Waals surface area contributed by atoms with E-state index in [1.54, 1.807) is 12.1 Å². The number of aliphatic imine (C=N–C) groups is 1. The zero-order valence-corrected chi connectivity index (χ0v) is 21.0. The van der Waals surface area contributed by atoms with Gasteiger partial charge in [-0.3, -0.25) is 4.79 Å². The number of benzene rings is 2. The molecule has 1 aliphatic heterocycles. The van der Waals surface area contributed by atoms with Gasteiger partial charge in [0, 0.05) is 31.7 Å². The summed E-state index contributed by atoms with van der Waals surface area (Å²) >= 11 is 0. The number of nitrogens with one attached hydrogen (secondary N) is 2. The van der Waals surface area contributed by atoms with Crippen LogP contribution in [0.2, 0.25) is 0 Å². The van der Waals surface area contributed by atoms with Gasteiger partial charge in [0.15, 0.2) is 17.5 Å². The fourth-order valence-corrected chi connectivity index (χ4v) is 3.42. The molecule has 0 radical (unpaired) electrons. The summed E-state index contributed by atoms with van der Waals surface area (Å²) in [6.07, 6.45) is 1.50. The molecule has 0 atom stereocenters. The average Bonchev–Trinajstić information content (AvgIpc) is 3.21. The lowest BCUT2D eigenvalue weighted by molar-refractivity contribution is -0.117. The molecule has 7 nitrogen and oxygen atoms in total. The fourth-order valence-electron chi connectivity index (χ4n) is 3.42. The number of halogens is 3. The maximum Gasteiger partial charge on any atom is 0.387 e. The maximum atomic E-state index is 12.6. The standard InChI is InChI=1S/C23H28F2N4O3.HI/c1-3-26-23(28-15-17-8-11-19(31-2)20(13-17)32-22(24)25)27-14-16-6-9-18(10-7-16)29-12-4-5-21(29)30;/h6-11,13,22H,3-5,12,14-15H2,1-2H3,(H2,26,27,28);1H. The van der Waals surface area contributed by atoms with Gasteiger partial charge in [-0.15, -0.1) is 24.0 Å². The van der Waals surface area contributed by atoms with Crippen molar-refractivity contribution in [3.63, 3.8) is 0 Å². The first-order valence-corrected chi connectivity index (χ1v) is 10.5. The van der Waals surface area contributed by atoms with E-state index in [0.29, 0.717) is 31.0 Å². The highest BCUT2D eigenvalue weighted by Crippen LogP contribution is 2.29. The lowest BCUT2D eigenvalue weighted by Crippen LogP contribution is -2.36.